The van der Waals surface area contributed by atoms with Crippen molar-refractivity contribution in [1.29, 1.82) is 5.26 Å². The Kier molecular flexibility index (Phi) is 4.45. The molecule has 2 aromatic rings. The third kappa shape index (κ3) is 2.78. The summed E-state index contributed by atoms with van der Waals surface area (Å²) < 4.78 is 2.36. The van der Waals surface area contributed by atoms with Crippen LogP contribution < -0.4 is 0 Å². The standard InChI is InChI=1S/C17H20ClN3/c18-11-10-16-20-17-13(12-19)6-5-9-15(17)21(16)14-7-3-1-2-4-8-14/h5-6,9,14H,1-4,7-8,10-11H2. The molecule has 110 valence electrons. The molecule has 0 spiro atoms. The van der Waals surface area contributed by atoms with Crippen LogP contribution in [0.25, 0.3) is 11.0 Å². The van der Waals surface area contributed by atoms with Gasteiger partial charge in [0.05, 0.1) is 11.1 Å². The van der Waals surface area contributed by atoms with Crippen molar-refractivity contribution in [2.24, 2.45) is 0 Å². The Morgan fingerprint density at radius 2 is 2.00 bits per heavy atom. The molecule has 0 atom stereocenters. The van der Waals surface area contributed by atoms with E-state index in [-0.39, 0.29) is 0 Å². The lowest BCUT2D eigenvalue weighted by Gasteiger charge is -2.20. The van der Waals surface area contributed by atoms with Gasteiger partial charge in [-0.1, -0.05) is 31.7 Å². The Morgan fingerprint density at radius 1 is 1.24 bits per heavy atom. The van der Waals surface area contributed by atoms with Gasteiger partial charge in [-0.2, -0.15) is 5.26 Å². The maximum Gasteiger partial charge on any atom is 0.111 e. The molecule has 1 aromatic heterocycles. The summed E-state index contributed by atoms with van der Waals surface area (Å²) in [5.74, 6) is 1.60. The Morgan fingerprint density at radius 3 is 2.67 bits per heavy atom. The van der Waals surface area contributed by atoms with E-state index < -0.39 is 0 Å². The highest BCUT2D eigenvalue weighted by molar-refractivity contribution is 6.17. The summed E-state index contributed by atoms with van der Waals surface area (Å²) in [7, 11) is 0. The summed E-state index contributed by atoms with van der Waals surface area (Å²) in [6, 6.07) is 8.66. The first-order chi connectivity index (χ1) is 10.3. The SMILES string of the molecule is N#Cc1cccc2c1nc(CCCl)n2C1CCCCCC1. The fourth-order valence-electron chi connectivity index (χ4n) is 3.44. The Labute approximate surface area is 130 Å². The van der Waals surface area contributed by atoms with Gasteiger partial charge in [0.25, 0.3) is 0 Å². The second-order valence-electron chi connectivity index (χ2n) is 5.77. The van der Waals surface area contributed by atoms with Crippen LogP contribution in [0.1, 0.15) is 56.0 Å². The molecular formula is C17H20ClN3. The second-order valence-corrected chi connectivity index (χ2v) is 6.15. The van der Waals surface area contributed by atoms with E-state index in [1.807, 2.05) is 12.1 Å². The third-order valence-corrected chi connectivity index (χ3v) is 4.61. The van der Waals surface area contributed by atoms with Gasteiger partial charge in [0.1, 0.15) is 17.4 Å². The van der Waals surface area contributed by atoms with Gasteiger partial charge < -0.3 is 4.57 Å². The number of benzene rings is 1. The van der Waals surface area contributed by atoms with Crippen molar-refractivity contribution in [3.8, 4) is 6.07 Å². The first-order valence-corrected chi connectivity index (χ1v) is 8.34. The number of alkyl halides is 1. The summed E-state index contributed by atoms with van der Waals surface area (Å²) in [6.45, 7) is 0. The van der Waals surface area contributed by atoms with Crippen molar-refractivity contribution < 1.29 is 0 Å². The largest absolute Gasteiger partial charge is 0.325 e. The van der Waals surface area contributed by atoms with Crippen LogP contribution in [0.5, 0.6) is 0 Å². The highest BCUT2D eigenvalue weighted by Gasteiger charge is 2.21. The molecule has 1 aliphatic carbocycles. The fourth-order valence-corrected chi connectivity index (χ4v) is 3.61. The van der Waals surface area contributed by atoms with Crippen molar-refractivity contribution in [2.45, 2.75) is 51.0 Å². The topological polar surface area (TPSA) is 41.6 Å². The van der Waals surface area contributed by atoms with Gasteiger partial charge in [-0.3, -0.25) is 0 Å². The molecule has 4 heteroatoms. The molecule has 0 amide bonds. The van der Waals surface area contributed by atoms with E-state index in [0.717, 1.165) is 23.3 Å². The van der Waals surface area contributed by atoms with Crippen LogP contribution in [-0.2, 0) is 6.42 Å². The normalized spacial score (nSPS) is 16.8. The van der Waals surface area contributed by atoms with Crippen LogP contribution >= 0.6 is 11.6 Å². The van der Waals surface area contributed by atoms with Gasteiger partial charge >= 0.3 is 0 Å². The summed E-state index contributed by atoms with van der Waals surface area (Å²) in [5.41, 5.74) is 2.60. The molecule has 0 saturated heterocycles. The van der Waals surface area contributed by atoms with Crippen molar-refractivity contribution in [1.82, 2.24) is 9.55 Å². The molecule has 0 aliphatic heterocycles. The minimum absolute atomic E-state index is 0.504. The molecule has 21 heavy (non-hydrogen) atoms. The number of fused-ring (bicyclic) bond motifs is 1. The number of hydrogen-bond acceptors (Lipinski definition) is 2. The van der Waals surface area contributed by atoms with E-state index >= 15 is 0 Å². The van der Waals surface area contributed by atoms with Crippen molar-refractivity contribution in [3.05, 3.63) is 29.6 Å². The Bertz CT molecular complexity index is 660. The Hall–Kier alpha value is -1.53. The second kappa shape index (κ2) is 6.49. The smallest absolute Gasteiger partial charge is 0.111 e. The summed E-state index contributed by atoms with van der Waals surface area (Å²) in [4.78, 5) is 4.74. The zero-order chi connectivity index (χ0) is 14.7. The minimum Gasteiger partial charge on any atom is -0.325 e. The fraction of sp³-hybridized carbons (Fsp3) is 0.529. The molecule has 3 rings (SSSR count). The lowest BCUT2D eigenvalue weighted by atomic mass is 10.1. The Balaban J connectivity index is 2.13. The van der Waals surface area contributed by atoms with E-state index in [1.54, 1.807) is 0 Å². The number of aryl methyl sites for hydroxylation is 1. The van der Waals surface area contributed by atoms with Gasteiger partial charge in [0.2, 0.25) is 0 Å². The molecular weight excluding hydrogens is 282 g/mol. The molecule has 1 fully saturated rings. The molecule has 3 nitrogen and oxygen atoms in total. The van der Waals surface area contributed by atoms with Gasteiger partial charge in [0, 0.05) is 18.3 Å². The first-order valence-electron chi connectivity index (χ1n) is 7.81. The lowest BCUT2D eigenvalue weighted by Crippen LogP contribution is -2.12. The molecule has 1 heterocycles. The molecule has 0 N–H and O–H groups in total. The van der Waals surface area contributed by atoms with Crippen LogP contribution in [-0.4, -0.2) is 15.4 Å². The number of imidazole rings is 1. The van der Waals surface area contributed by atoms with Gasteiger partial charge in [-0.25, -0.2) is 4.98 Å². The number of aromatic nitrogens is 2. The summed E-state index contributed by atoms with van der Waals surface area (Å²) in [6.07, 6.45) is 8.40. The number of rotatable bonds is 3. The maximum absolute atomic E-state index is 9.30. The third-order valence-electron chi connectivity index (χ3n) is 4.42. The van der Waals surface area contributed by atoms with E-state index in [4.69, 9.17) is 16.6 Å². The number of para-hydroxylation sites is 1. The molecule has 1 aromatic carbocycles. The van der Waals surface area contributed by atoms with Crippen LogP contribution in [0.15, 0.2) is 18.2 Å². The predicted octanol–water partition coefficient (Wildman–Crippen LogP) is 4.58. The van der Waals surface area contributed by atoms with E-state index in [2.05, 4.69) is 16.7 Å². The van der Waals surface area contributed by atoms with E-state index in [1.165, 1.54) is 38.5 Å². The summed E-state index contributed by atoms with van der Waals surface area (Å²) in [5, 5.41) is 9.30. The zero-order valence-electron chi connectivity index (χ0n) is 12.2. The minimum atomic E-state index is 0.504. The number of nitriles is 1. The van der Waals surface area contributed by atoms with Crippen molar-refractivity contribution >= 4 is 22.6 Å². The van der Waals surface area contributed by atoms with Crippen LogP contribution in [0.2, 0.25) is 0 Å². The average Bonchev–Trinajstić information content (AvgIpc) is 2.69. The quantitative estimate of drug-likeness (QED) is 0.615. The average molecular weight is 302 g/mol. The van der Waals surface area contributed by atoms with Crippen LogP contribution in [0, 0.1) is 11.3 Å². The van der Waals surface area contributed by atoms with Gasteiger partial charge in [-0.05, 0) is 25.0 Å². The van der Waals surface area contributed by atoms with Crippen LogP contribution in [0.3, 0.4) is 0 Å². The van der Waals surface area contributed by atoms with Gasteiger partial charge in [-0.15, -0.1) is 11.6 Å². The maximum atomic E-state index is 9.30. The van der Waals surface area contributed by atoms with Crippen molar-refractivity contribution in [2.75, 3.05) is 5.88 Å². The highest BCUT2D eigenvalue weighted by atomic mass is 35.5. The number of halogens is 1. The molecule has 0 bridgehead atoms. The number of hydrogen-bond donors (Lipinski definition) is 0. The molecule has 0 radical (unpaired) electrons. The van der Waals surface area contributed by atoms with E-state index in [0.29, 0.717) is 17.5 Å². The molecule has 1 aliphatic rings. The van der Waals surface area contributed by atoms with Crippen LogP contribution in [0.4, 0.5) is 0 Å². The van der Waals surface area contributed by atoms with Gasteiger partial charge in [0.15, 0.2) is 0 Å². The van der Waals surface area contributed by atoms with Crippen molar-refractivity contribution in [3.63, 3.8) is 0 Å². The monoisotopic (exact) mass is 301 g/mol. The van der Waals surface area contributed by atoms with E-state index in [9.17, 15) is 5.26 Å². The highest BCUT2D eigenvalue weighted by Crippen LogP contribution is 2.32. The lowest BCUT2D eigenvalue weighted by molar-refractivity contribution is 0.441. The molecule has 0 unspecified atom stereocenters. The summed E-state index contributed by atoms with van der Waals surface area (Å²) >= 11 is 5.96. The molecule has 1 saturated carbocycles. The number of nitrogens with zero attached hydrogens (tertiary/aromatic N) is 3. The first kappa shape index (κ1) is 14.4. The predicted molar refractivity (Wildman–Crippen MR) is 85.6 cm³/mol. The zero-order valence-corrected chi connectivity index (χ0v) is 12.9.